The van der Waals surface area contributed by atoms with Gasteiger partial charge in [-0.05, 0) is 64.3 Å². The maximum atomic E-state index is 12.2. The second-order valence-corrected chi connectivity index (χ2v) is 8.36. The van der Waals surface area contributed by atoms with Crippen molar-refractivity contribution in [2.45, 2.75) is 45.8 Å². The van der Waals surface area contributed by atoms with Crippen molar-refractivity contribution in [3.63, 3.8) is 0 Å². The maximum Gasteiger partial charge on any atom is 0.494 e. The van der Waals surface area contributed by atoms with Gasteiger partial charge in [-0.15, -0.1) is 0 Å². The highest BCUT2D eigenvalue weighted by atomic mass is 32.2. The monoisotopic (exact) mass is 431 g/mol. The predicted molar refractivity (Wildman–Crippen MR) is 118 cm³/mol. The Labute approximate surface area is 178 Å². The van der Waals surface area contributed by atoms with Gasteiger partial charge in [0.25, 0.3) is 0 Å². The molecule has 1 saturated heterocycles. The van der Waals surface area contributed by atoms with Crippen LogP contribution in [0.25, 0.3) is 0 Å². The number of hydrogen-bond donors (Lipinski definition) is 3. The molecule has 1 aliphatic heterocycles. The van der Waals surface area contributed by atoms with Gasteiger partial charge in [-0.3, -0.25) is 0 Å². The maximum absolute atomic E-state index is 12.2. The van der Waals surface area contributed by atoms with Crippen molar-refractivity contribution in [2.75, 3.05) is 10.6 Å². The van der Waals surface area contributed by atoms with Crippen molar-refractivity contribution in [1.29, 1.82) is 4.78 Å². The molecule has 0 aliphatic carbocycles. The van der Waals surface area contributed by atoms with Crippen LogP contribution < -0.4 is 16.1 Å². The van der Waals surface area contributed by atoms with Gasteiger partial charge < -0.3 is 19.9 Å². The molecule has 0 bridgehead atoms. The van der Waals surface area contributed by atoms with Gasteiger partial charge in [-0.1, -0.05) is 29.8 Å². The summed E-state index contributed by atoms with van der Waals surface area (Å²) < 4.78 is 35.0. The number of carbonyl (C=O) groups is 1. The van der Waals surface area contributed by atoms with E-state index in [1.54, 1.807) is 0 Å². The van der Waals surface area contributed by atoms with Crippen LogP contribution in [0.2, 0.25) is 0 Å². The molecule has 3 N–H and O–H groups in total. The smallest absolute Gasteiger partial charge is 0.399 e. The molecule has 2 amide bonds. The zero-order valence-corrected chi connectivity index (χ0v) is 18.5. The Balaban J connectivity index is 0.000000735. The minimum Gasteiger partial charge on any atom is -0.399 e. The number of amides is 2. The number of carbonyl (C=O) groups excluding carboxylic acids is 1. The van der Waals surface area contributed by atoms with E-state index in [2.05, 4.69) is 10.6 Å². The zero-order valence-electron chi connectivity index (χ0n) is 17.6. The molecule has 0 atom stereocenters. The van der Waals surface area contributed by atoms with E-state index in [0.717, 1.165) is 16.7 Å². The van der Waals surface area contributed by atoms with E-state index in [1.165, 1.54) is 0 Å². The van der Waals surface area contributed by atoms with Crippen LogP contribution in [-0.4, -0.2) is 32.8 Å². The lowest BCUT2D eigenvalue weighted by Crippen LogP contribution is -2.41. The fraction of sp³-hybridized carbons (Fsp3) is 0.350. The molecular formula is C20H26BN3O5S. The number of rotatable bonds is 3. The van der Waals surface area contributed by atoms with Gasteiger partial charge in [-0.25, -0.2) is 4.79 Å². The van der Waals surface area contributed by atoms with Gasteiger partial charge in [-0.2, -0.15) is 13.2 Å². The van der Waals surface area contributed by atoms with Crippen LogP contribution >= 0.6 is 0 Å². The highest BCUT2D eigenvalue weighted by molar-refractivity contribution is 7.60. The van der Waals surface area contributed by atoms with Gasteiger partial charge in [0, 0.05) is 11.4 Å². The Morgan fingerprint density at radius 1 is 0.933 bits per heavy atom. The van der Waals surface area contributed by atoms with Crippen molar-refractivity contribution >= 4 is 40.5 Å². The zero-order chi connectivity index (χ0) is 22.5. The van der Waals surface area contributed by atoms with Crippen LogP contribution in [0.3, 0.4) is 0 Å². The lowest BCUT2D eigenvalue weighted by Gasteiger charge is -2.32. The van der Waals surface area contributed by atoms with Crippen LogP contribution in [0.1, 0.15) is 33.3 Å². The third-order valence-corrected chi connectivity index (χ3v) is 4.98. The molecule has 0 radical (unpaired) electrons. The molecule has 2 aromatic carbocycles. The molecule has 0 unspecified atom stereocenters. The van der Waals surface area contributed by atoms with Crippen LogP contribution in [0.15, 0.2) is 48.5 Å². The summed E-state index contributed by atoms with van der Waals surface area (Å²) in [5, 5.41) is 5.67. The quantitative estimate of drug-likeness (QED) is 0.643. The summed E-state index contributed by atoms with van der Waals surface area (Å²) in [6.45, 7) is 10.1. The Morgan fingerprint density at radius 2 is 1.43 bits per heavy atom. The van der Waals surface area contributed by atoms with Crippen molar-refractivity contribution < 1.29 is 22.5 Å². The molecular weight excluding hydrogens is 405 g/mol. The standard InChI is InChI=1S/C20H25BN2O3.HNO2S/c1-14-9-11-16(12-10-14)22-18(24)23-17-8-6-7-15(13-17)21-25-19(2,3)20(4,5)26-21;1-4(2)3/h6-13H,1-5H3,(H2,22,23,24);1H. The van der Waals surface area contributed by atoms with Gasteiger partial charge in [0.1, 0.15) is 0 Å². The number of urea groups is 1. The second kappa shape index (κ2) is 9.42. The van der Waals surface area contributed by atoms with Crippen molar-refractivity contribution in [2.24, 2.45) is 0 Å². The van der Waals surface area contributed by atoms with Gasteiger partial charge in [0.05, 0.1) is 11.2 Å². The normalized spacial score (nSPS) is 16.2. The number of aryl methyl sites for hydroxylation is 1. The number of anilines is 2. The van der Waals surface area contributed by atoms with Crippen LogP contribution in [0.5, 0.6) is 0 Å². The summed E-state index contributed by atoms with van der Waals surface area (Å²) in [5.41, 5.74) is 2.65. The molecule has 0 aromatic heterocycles. The number of benzene rings is 2. The molecule has 2 aromatic rings. The summed E-state index contributed by atoms with van der Waals surface area (Å²) in [6.07, 6.45) is 0. The minimum atomic E-state index is -2.61. The largest absolute Gasteiger partial charge is 0.494 e. The van der Waals surface area contributed by atoms with E-state index < -0.39 is 28.8 Å². The third-order valence-electron chi connectivity index (χ3n) is 4.98. The molecule has 1 fully saturated rings. The highest BCUT2D eigenvalue weighted by Crippen LogP contribution is 2.36. The first-order valence-corrected chi connectivity index (χ1v) is 10.4. The molecule has 160 valence electrons. The molecule has 0 spiro atoms. The lowest BCUT2D eigenvalue weighted by molar-refractivity contribution is 0.00578. The van der Waals surface area contributed by atoms with Gasteiger partial charge in [0.15, 0.2) is 0 Å². The first-order valence-electron chi connectivity index (χ1n) is 9.30. The summed E-state index contributed by atoms with van der Waals surface area (Å²) in [6, 6.07) is 14.9. The Kier molecular flexibility index (Phi) is 7.41. The van der Waals surface area contributed by atoms with E-state index in [0.29, 0.717) is 5.69 Å². The van der Waals surface area contributed by atoms with E-state index in [4.69, 9.17) is 22.5 Å². The molecule has 10 heteroatoms. The van der Waals surface area contributed by atoms with Crippen molar-refractivity contribution in [3.05, 3.63) is 54.1 Å². The average molecular weight is 431 g/mol. The number of nitrogens with one attached hydrogen (secondary N) is 3. The second-order valence-electron chi connectivity index (χ2n) is 7.89. The average Bonchev–Trinajstić information content (AvgIpc) is 2.84. The Bertz CT molecular complexity index is 985. The Hall–Kier alpha value is -2.69. The fourth-order valence-corrected chi connectivity index (χ4v) is 2.67. The van der Waals surface area contributed by atoms with E-state index in [1.807, 2.05) is 83.1 Å². The summed E-state index contributed by atoms with van der Waals surface area (Å²) in [7, 11) is -3.07. The van der Waals surface area contributed by atoms with Crippen LogP contribution in [-0.2, 0) is 19.8 Å². The first kappa shape index (κ1) is 23.6. The molecule has 1 aliphatic rings. The van der Waals surface area contributed by atoms with Crippen molar-refractivity contribution in [3.8, 4) is 0 Å². The molecule has 30 heavy (non-hydrogen) atoms. The van der Waals surface area contributed by atoms with E-state index in [9.17, 15) is 4.79 Å². The fourth-order valence-electron chi connectivity index (χ4n) is 2.67. The summed E-state index contributed by atoms with van der Waals surface area (Å²) in [5.74, 6) is 0. The topological polar surface area (TPSA) is 118 Å². The van der Waals surface area contributed by atoms with Crippen LogP contribution in [0, 0.1) is 11.7 Å². The first-order chi connectivity index (χ1) is 13.9. The summed E-state index contributed by atoms with van der Waals surface area (Å²) >= 11 is 0. The van der Waals surface area contributed by atoms with E-state index in [-0.39, 0.29) is 6.03 Å². The highest BCUT2D eigenvalue weighted by Gasteiger charge is 2.51. The minimum absolute atomic E-state index is 0.292. The molecule has 0 saturated carbocycles. The van der Waals surface area contributed by atoms with E-state index >= 15 is 0 Å². The lowest BCUT2D eigenvalue weighted by atomic mass is 9.79. The molecule has 8 nitrogen and oxygen atoms in total. The predicted octanol–water partition coefficient (Wildman–Crippen LogP) is 3.57. The summed E-state index contributed by atoms with van der Waals surface area (Å²) in [4.78, 5) is 12.2. The SMILES string of the molecule is Cc1ccc(NC(=O)Nc2cccc(B3OC(C)(C)C(C)(C)O3)c2)cc1.N=S(=O)=O. The molecule has 3 rings (SSSR count). The molecule has 1 heterocycles. The number of hydrogen-bond acceptors (Lipinski definition) is 6. The van der Waals surface area contributed by atoms with Crippen LogP contribution in [0.4, 0.5) is 16.2 Å². The Morgan fingerprint density at radius 3 is 1.97 bits per heavy atom. The van der Waals surface area contributed by atoms with Gasteiger partial charge >= 0.3 is 23.7 Å². The van der Waals surface area contributed by atoms with Crippen molar-refractivity contribution in [1.82, 2.24) is 0 Å². The third kappa shape index (κ3) is 6.41. The van der Waals surface area contributed by atoms with Gasteiger partial charge in [0.2, 0.25) is 0 Å².